The van der Waals surface area contributed by atoms with Crippen LogP contribution in [0.15, 0.2) is 85.2 Å². The second kappa shape index (κ2) is 7.44. The molecule has 3 aromatic heterocycles. The third-order valence-corrected chi connectivity index (χ3v) is 5.24. The summed E-state index contributed by atoms with van der Waals surface area (Å²) in [4.78, 5) is 14.2. The van der Waals surface area contributed by atoms with Crippen LogP contribution in [0.1, 0.15) is 0 Å². The number of benzene rings is 2. The summed E-state index contributed by atoms with van der Waals surface area (Å²) in [5.41, 5.74) is 5.89. The minimum atomic E-state index is 0.671. The normalized spacial score (nSPS) is 11.0. The Kier molecular flexibility index (Phi) is 4.48. The predicted octanol–water partition coefficient (Wildman–Crippen LogP) is 5.37. The maximum Gasteiger partial charge on any atom is 0.162 e. The molecule has 0 atom stereocenters. The zero-order chi connectivity index (χ0) is 20.5. The lowest BCUT2D eigenvalue weighted by molar-refractivity contribution is 0.415. The van der Waals surface area contributed by atoms with Crippen molar-refractivity contribution in [3.63, 3.8) is 0 Å². The molecule has 0 saturated heterocycles. The van der Waals surface area contributed by atoms with Crippen LogP contribution in [0.4, 0.5) is 0 Å². The van der Waals surface area contributed by atoms with Crippen molar-refractivity contribution in [3.8, 4) is 39.7 Å². The Labute approximate surface area is 174 Å². The summed E-state index contributed by atoms with van der Waals surface area (Å²) in [5, 5.41) is 1.00. The highest BCUT2D eigenvalue weighted by atomic mass is 16.5. The van der Waals surface area contributed by atoms with Crippen LogP contribution in [0.2, 0.25) is 0 Å². The Morgan fingerprint density at radius 3 is 2.27 bits per heavy atom. The Morgan fingerprint density at radius 2 is 1.57 bits per heavy atom. The zero-order valence-corrected chi connectivity index (χ0v) is 16.8. The van der Waals surface area contributed by atoms with Crippen LogP contribution < -0.4 is 4.74 Å². The molecule has 0 spiro atoms. The van der Waals surface area contributed by atoms with E-state index in [1.165, 1.54) is 0 Å². The van der Waals surface area contributed by atoms with Crippen molar-refractivity contribution in [2.45, 2.75) is 0 Å². The molecule has 3 heterocycles. The van der Waals surface area contributed by atoms with Crippen molar-refractivity contribution in [2.75, 3.05) is 7.11 Å². The van der Waals surface area contributed by atoms with Crippen molar-refractivity contribution in [1.82, 2.24) is 19.5 Å². The van der Waals surface area contributed by atoms with E-state index in [4.69, 9.17) is 14.7 Å². The van der Waals surface area contributed by atoms with E-state index in [-0.39, 0.29) is 0 Å². The maximum atomic E-state index is 5.29. The number of fused-ring (bicyclic) bond motifs is 1. The summed E-state index contributed by atoms with van der Waals surface area (Å²) >= 11 is 0. The van der Waals surface area contributed by atoms with Crippen LogP contribution in [0.5, 0.6) is 5.75 Å². The molecule has 5 rings (SSSR count). The van der Waals surface area contributed by atoms with Gasteiger partial charge in [0.15, 0.2) is 5.82 Å². The fourth-order valence-corrected chi connectivity index (χ4v) is 3.67. The van der Waals surface area contributed by atoms with Crippen LogP contribution in [0, 0.1) is 0 Å². The van der Waals surface area contributed by atoms with E-state index >= 15 is 0 Å². The standard InChI is InChI=1S/C25H20N4O/c1-29-22(17-7-4-3-5-8-17)15-21-23(19-9-6-14-26-16-19)27-24(28-25(21)29)18-10-12-20(30-2)13-11-18/h3-16H,1-2H3. The van der Waals surface area contributed by atoms with E-state index in [0.717, 1.165) is 44.9 Å². The topological polar surface area (TPSA) is 52.8 Å². The van der Waals surface area contributed by atoms with E-state index in [1.807, 2.05) is 67.8 Å². The van der Waals surface area contributed by atoms with Crippen molar-refractivity contribution >= 4 is 11.0 Å². The molecular weight excluding hydrogens is 372 g/mol. The molecule has 0 N–H and O–H groups in total. The molecule has 0 bridgehead atoms. The molecule has 2 aromatic carbocycles. The second-order valence-electron chi connectivity index (χ2n) is 7.06. The van der Waals surface area contributed by atoms with Crippen molar-refractivity contribution in [1.29, 1.82) is 0 Å². The molecule has 30 heavy (non-hydrogen) atoms. The molecular formula is C25H20N4O. The molecule has 146 valence electrons. The molecule has 5 aromatic rings. The highest BCUT2D eigenvalue weighted by molar-refractivity contribution is 5.96. The summed E-state index contributed by atoms with van der Waals surface area (Å²) in [6.07, 6.45) is 3.61. The van der Waals surface area contributed by atoms with Gasteiger partial charge >= 0.3 is 0 Å². The maximum absolute atomic E-state index is 5.29. The summed E-state index contributed by atoms with van der Waals surface area (Å²) in [7, 11) is 3.70. The van der Waals surface area contributed by atoms with Gasteiger partial charge in [0.05, 0.1) is 18.5 Å². The number of pyridine rings is 1. The van der Waals surface area contributed by atoms with Gasteiger partial charge in [-0.15, -0.1) is 0 Å². The number of hydrogen-bond acceptors (Lipinski definition) is 4. The first-order valence-corrected chi connectivity index (χ1v) is 9.72. The monoisotopic (exact) mass is 392 g/mol. The van der Waals surface area contributed by atoms with Crippen LogP contribution in [0.25, 0.3) is 44.9 Å². The van der Waals surface area contributed by atoms with Gasteiger partial charge in [-0.25, -0.2) is 9.97 Å². The lowest BCUT2D eigenvalue weighted by Crippen LogP contribution is -1.98. The third-order valence-electron chi connectivity index (χ3n) is 5.24. The lowest BCUT2D eigenvalue weighted by Gasteiger charge is -2.08. The van der Waals surface area contributed by atoms with E-state index in [2.05, 4.69) is 27.8 Å². The molecule has 0 fully saturated rings. The minimum Gasteiger partial charge on any atom is -0.497 e. The van der Waals surface area contributed by atoms with Gasteiger partial charge in [-0.05, 0) is 48.0 Å². The SMILES string of the molecule is COc1ccc(-c2nc(-c3cccnc3)c3cc(-c4ccccc4)n(C)c3n2)cc1. The molecule has 0 aliphatic carbocycles. The van der Waals surface area contributed by atoms with Crippen LogP contribution in [-0.4, -0.2) is 26.6 Å². The zero-order valence-electron chi connectivity index (χ0n) is 16.8. The van der Waals surface area contributed by atoms with E-state index < -0.39 is 0 Å². The van der Waals surface area contributed by atoms with Gasteiger partial charge in [-0.3, -0.25) is 4.98 Å². The number of rotatable bonds is 4. The second-order valence-corrected chi connectivity index (χ2v) is 7.06. The quantitative estimate of drug-likeness (QED) is 0.412. The average molecular weight is 392 g/mol. The number of methoxy groups -OCH3 is 1. The lowest BCUT2D eigenvalue weighted by atomic mass is 10.1. The first-order valence-electron chi connectivity index (χ1n) is 9.72. The Bertz CT molecular complexity index is 1310. The van der Waals surface area contributed by atoms with Crippen LogP contribution in [0.3, 0.4) is 0 Å². The summed E-state index contributed by atoms with van der Waals surface area (Å²) in [5.74, 6) is 1.47. The third kappa shape index (κ3) is 3.10. The van der Waals surface area contributed by atoms with Crippen LogP contribution in [-0.2, 0) is 7.05 Å². The fraction of sp³-hybridized carbons (Fsp3) is 0.0800. The first kappa shape index (κ1) is 18.1. The van der Waals surface area contributed by atoms with Gasteiger partial charge in [0, 0.05) is 36.0 Å². The van der Waals surface area contributed by atoms with Crippen molar-refractivity contribution in [3.05, 3.63) is 85.2 Å². The fourth-order valence-electron chi connectivity index (χ4n) is 3.67. The van der Waals surface area contributed by atoms with E-state index in [1.54, 1.807) is 13.3 Å². The molecule has 5 nitrogen and oxygen atoms in total. The van der Waals surface area contributed by atoms with Crippen molar-refractivity contribution in [2.24, 2.45) is 7.05 Å². The summed E-state index contributed by atoms with van der Waals surface area (Å²) in [6, 6.07) is 24.2. The number of aryl methyl sites for hydroxylation is 1. The smallest absolute Gasteiger partial charge is 0.162 e. The van der Waals surface area contributed by atoms with Gasteiger partial charge in [-0.1, -0.05) is 30.3 Å². The molecule has 5 heteroatoms. The average Bonchev–Trinajstić information content (AvgIpc) is 3.16. The Hall–Kier alpha value is -3.99. The van der Waals surface area contributed by atoms with E-state index in [0.29, 0.717) is 5.82 Å². The highest BCUT2D eigenvalue weighted by Gasteiger charge is 2.17. The predicted molar refractivity (Wildman–Crippen MR) is 119 cm³/mol. The Balaban J connectivity index is 1.78. The summed E-state index contributed by atoms with van der Waals surface area (Å²) in [6.45, 7) is 0. The number of ether oxygens (including phenoxy) is 1. The Morgan fingerprint density at radius 1 is 0.800 bits per heavy atom. The molecule has 0 radical (unpaired) electrons. The largest absolute Gasteiger partial charge is 0.497 e. The number of aromatic nitrogens is 4. The molecule has 0 aliphatic heterocycles. The summed E-state index contributed by atoms with van der Waals surface area (Å²) < 4.78 is 7.41. The van der Waals surface area contributed by atoms with Crippen molar-refractivity contribution < 1.29 is 4.74 Å². The van der Waals surface area contributed by atoms with Gasteiger partial charge < -0.3 is 9.30 Å². The van der Waals surface area contributed by atoms with Crippen LogP contribution >= 0.6 is 0 Å². The molecule has 0 aliphatic rings. The van der Waals surface area contributed by atoms with E-state index in [9.17, 15) is 0 Å². The molecule has 0 saturated carbocycles. The van der Waals surface area contributed by atoms with Gasteiger partial charge in [0.2, 0.25) is 0 Å². The molecule has 0 amide bonds. The highest BCUT2D eigenvalue weighted by Crippen LogP contribution is 2.34. The molecule has 0 unspecified atom stereocenters. The first-order chi connectivity index (χ1) is 14.7. The van der Waals surface area contributed by atoms with Gasteiger partial charge in [0.1, 0.15) is 11.4 Å². The van der Waals surface area contributed by atoms with Gasteiger partial charge in [-0.2, -0.15) is 0 Å². The number of nitrogens with zero attached hydrogens (tertiary/aromatic N) is 4. The number of hydrogen-bond donors (Lipinski definition) is 0. The minimum absolute atomic E-state index is 0.671. The van der Waals surface area contributed by atoms with Gasteiger partial charge in [0.25, 0.3) is 0 Å².